The zero-order chi connectivity index (χ0) is 21.4. The predicted molar refractivity (Wildman–Crippen MR) is 114 cm³/mol. The Kier molecular flexibility index (Phi) is 6.54. The molecule has 9 heteroatoms. The van der Waals surface area contributed by atoms with Gasteiger partial charge in [0.05, 0.1) is 35.3 Å². The van der Waals surface area contributed by atoms with E-state index in [0.29, 0.717) is 10.9 Å². The molecule has 1 aromatic rings. The lowest BCUT2D eigenvalue weighted by Crippen LogP contribution is -2.49. The molecule has 3 rings (SSSR count). The molecule has 1 saturated heterocycles. The second-order valence-corrected chi connectivity index (χ2v) is 9.74. The standard InChI is InChI=1S/C20H27BCl2N2O4/c1-12-7-16-20(4,10-19(12,2)3)29-21(28-16)11-25-17(26)9-24-18(27)14-8-13(22)5-6-15(14)23/h5-6,8,12,16H,7,9-11H2,1-4H3,(H,24,27)(H,25,26)/t12-,16+,20-/m0/s1. The molecule has 1 saturated carbocycles. The second kappa shape index (κ2) is 8.46. The highest BCUT2D eigenvalue weighted by Gasteiger charge is 2.55. The van der Waals surface area contributed by atoms with E-state index in [1.54, 1.807) is 6.07 Å². The molecule has 0 unspecified atom stereocenters. The van der Waals surface area contributed by atoms with Crippen LogP contribution in [0.1, 0.15) is 50.9 Å². The van der Waals surface area contributed by atoms with Gasteiger partial charge in [0.2, 0.25) is 5.91 Å². The summed E-state index contributed by atoms with van der Waals surface area (Å²) < 4.78 is 12.2. The molecule has 6 nitrogen and oxygen atoms in total. The first-order valence-corrected chi connectivity index (χ1v) is 10.6. The maximum atomic E-state index is 12.2. The molecule has 2 amide bonds. The van der Waals surface area contributed by atoms with Gasteiger partial charge < -0.3 is 19.9 Å². The number of halogens is 2. The lowest BCUT2D eigenvalue weighted by molar-refractivity contribution is -0.119. The number of amides is 2. The predicted octanol–water partition coefficient (Wildman–Crippen LogP) is 3.50. The van der Waals surface area contributed by atoms with E-state index in [-0.39, 0.29) is 46.6 Å². The lowest BCUT2D eigenvalue weighted by Gasteiger charge is -2.47. The molecule has 29 heavy (non-hydrogen) atoms. The van der Waals surface area contributed by atoms with Crippen LogP contribution in [0.3, 0.4) is 0 Å². The van der Waals surface area contributed by atoms with Gasteiger partial charge in [0, 0.05) is 5.02 Å². The number of hydrogen-bond donors (Lipinski definition) is 2. The molecule has 1 aliphatic heterocycles. The number of fused-ring (bicyclic) bond motifs is 1. The van der Waals surface area contributed by atoms with Gasteiger partial charge in [-0.05, 0) is 49.3 Å². The van der Waals surface area contributed by atoms with Crippen molar-refractivity contribution in [3.63, 3.8) is 0 Å². The van der Waals surface area contributed by atoms with E-state index < -0.39 is 13.0 Å². The van der Waals surface area contributed by atoms with E-state index in [1.807, 2.05) is 0 Å². The third kappa shape index (κ3) is 5.08. The maximum Gasteiger partial charge on any atom is 0.478 e. The van der Waals surface area contributed by atoms with Crippen LogP contribution in [0.15, 0.2) is 18.2 Å². The zero-order valence-corrected chi connectivity index (χ0v) is 18.7. The highest BCUT2D eigenvalue weighted by molar-refractivity contribution is 6.46. The molecule has 1 heterocycles. The van der Waals surface area contributed by atoms with Gasteiger partial charge in [-0.3, -0.25) is 9.59 Å². The summed E-state index contributed by atoms with van der Waals surface area (Å²) in [6.07, 6.45) is 2.10. The fraction of sp³-hybridized carbons (Fsp3) is 0.600. The zero-order valence-electron chi connectivity index (χ0n) is 17.2. The molecular weight excluding hydrogens is 414 g/mol. The number of carbonyl (C=O) groups excluding carboxylic acids is 2. The number of carbonyl (C=O) groups is 2. The molecule has 2 fully saturated rings. The van der Waals surface area contributed by atoms with Crippen LogP contribution in [0.25, 0.3) is 0 Å². The van der Waals surface area contributed by atoms with Gasteiger partial charge in [-0.25, -0.2) is 0 Å². The van der Waals surface area contributed by atoms with Gasteiger partial charge in [-0.15, -0.1) is 0 Å². The Balaban J connectivity index is 1.47. The second-order valence-electron chi connectivity index (χ2n) is 8.90. The van der Waals surface area contributed by atoms with Crippen LogP contribution in [0, 0.1) is 11.3 Å². The van der Waals surface area contributed by atoms with Gasteiger partial charge in [0.25, 0.3) is 5.91 Å². The monoisotopic (exact) mass is 440 g/mol. The smallest absolute Gasteiger partial charge is 0.404 e. The Hall–Kier alpha value is -1.28. The third-order valence-corrected chi connectivity index (χ3v) is 6.72. The first-order chi connectivity index (χ1) is 13.5. The van der Waals surface area contributed by atoms with Crippen LogP contribution in [-0.2, 0) is 14.1 Å². The van der Waals surface area contributed by atoms with Crippen LogP contribution in [0.2, 0.25) is 10.0 Å². The largest absolute Gasteiger partial charge is 0.478 e. The van der Waals surface area contributed by atoms with Gasteiger partial charge >= 0.3 is 7.12 Å². The topological polar surface area (TPSA) is 76.7 Å². The summed E-state index contributed by atoms with van der Waals surface area (Å²) in [4.78, 5) is 24.3. The van der Waals surface area contributed by atoms with Crippen molar-refractivity contribution >= 4 is 42.1 Å². The highest BCUT2D eigenvalue weighted by atomic mass is 35.5. The normalized spacial score (nSPS) is 28.0. The van der Waals surface area contributed by atoms with E-state index in [0.717, 1.165) is 12.8 Å². The molecule has 0 aromatic heterocycles. The molecular formula is C20H27BCl2N2O4. The summed E-state index contributed by atoms with van der Waals surface area (Å²) in [6.45, 7) is 8.66. The van der Waals surface area contributed by atoms with Gasteiger partial charge in [-0.2, -0.15) is 0 Å². The first-order valence-electron chi connectivity index (χ1n) is 9.83. The first kappa shape index (κ1) is 22.4. The summed E-state index contributed by atoms with van der Waals surface area (Å²) in [5.41, 5.74) is 0.0601. The van der Waals surface area contributed by atoms with E-state index in [4.69, 9.17) is 32.5 Å². The molecule has 0 spiro atoms. The van der Waals surface area contributed by atoms with Crippen molar-refractivity contribution in [3.05, 3.63) is 33.8 Å². The number of nitrogens with one attached hydrogen (secondary N) is 2. The Bertz CT molecular complexity index is 807. The number of benzene rings is 1. The van der Waals surface area contributed by atoms with Crippen LogP contribution >= 0.6 is 23.2 Å². The van der Waals surface area contributed by atoms with E-state index >= 15 is 0 Å². The Morgan fingerprint density at radius 1 is 1.24 bits per heavy atom. The average Bonchev–Trinajstić information content (AvgIpc) is 2.94. The van der Waals surface area contributed by atoms with Gasteiger partial charge in [0.1, 0.15) is 0 Å². The Morgan fingerprint density at radius 2 is 1.97 bits per heavy atom. The molecule has 2 N–H and O–H groups in total. The summed E-state index contributed by atoms with van der Waals surface area (Å²) in [5.74, 6) is -0.265. The molecule has 158 valence electrons. The molecule has 3 atom stereocenters. The van der Waals surface area contributed by atoms with Crippen molar-refractivity contribution in [1.29, 1.82) is 0 Å². The van der Waals surface area contributed by atoms with Crippen molar-refractivity contribution in [3.8, 4) is 0 Å². The molecule has 0 radical (unpaired) electrons. The molecule has 0 bridgehead atoms. The minimum absolute atomic E-state index is 0.0251. The summed E-state index contributed by atoms with van der Waals surface area (Å²) in [7, 11) is -0.492. The quantitative estimate of drug-likeness (QED) is 0.687. The van der Waals surface area contributed by atoms with Crippen LogP contribution in [0.5, 0.6) is 0 Å². The molecule has 2 aliphatic rings. The van der Waals surface area contributed by atoms with E-state index in [1.165, 1.54) is 12.1 Å². The number of hydrogen-bond acceptors (Lipinski definition) is 4. The summed E-state index contributed by atoms with van der Waals surface area (Å²) in [6, 6.07) is 4.59. The van der Waals surface area contributed by atoms with Crippen molar-refractivity contribution in [2.75, 3.05) is 13.0 Å². The van der Waals surface area contributed by atoms with E-state index in [9.17, 15) is 9.59 Å². The fourth-order valence-corrected chi connectivity index (χ4v) is 4.56. The average molecular weight is 441 g/mol. The molecule has 1 aromatic carbocycles. The van der Waals surface area contributed by atoms with Gasteiger partial charge in [0.15, 0.2) is 0 Å². The lowest BCUT2D eigenvalue weighted by atomic mass is 9.63. The SMILES string of the molecule is C[C@H]1C[C@H]2OB(CNC(=O)CNC(=O)c3cc(Cl)ccc3Cl)O[C@@]2(C)CC1(C)C. The fourth-order valence-electron chi connectivity index (χ4n) is 4.19. The third-order valence-electron chi connectivity index (χ3n) is 6.15. The Labute approximate surface area is 182 Å². The van der Waals surface area contributed by atoms with Crippen LogP contribution < -0.4 is 10.6 Å². The Morgan fingerprint density at radius 3 is 2.69 bits per heavy atom. The van der Waals surface area contributed by atoms with Gasteiger partial charge in [-0.1, -0.05) is 44.0 Å². The summed E-state index contributed by atoms with van der Waals surface area (Å²) in [5, 5.41) is 5.96. The minimum Gasteiger partial charge on any atom is -0.404 e. The highest BCUT2D eigenvalue weighted by Crippen LogP contribution is 2.50. The van der Waals surface area contributed by atoms with Crippen molar-refractivity contribution < 1.29 is 18.9 Å². The van der Waals surface area contributed by atoms with E-state index in [2.05, 4.69) is 38.3 Å². The van der Waals surface area contributed by atoms with Crippen molar-refractivity contribution in [2.24, 2.45) is 11.3 Å². The molecule has 1 aliphatic carbocycles. The minimum atomic E-state index is -0.492. The van der Waals surface area contributed by atoms with Crippen molar-refractivity contribution in [1.82, 2.24) is 10.6 Å². The summed E-state index contributed by atoms with van der Waals surface area (Å²) >= 11 is 11.9. The number of rotatable bonds is 5. The van der Waals surface area contributed by atoms with Crippen molar-refractivity contribution in [2.45, 2.75) is 52.2 Å². The maximum absolute atomic E-state index is 12.2. The van der Waals surface area contributed by atoms with Crippen LogP contribution in [-0.4, -0.2) is 43.6 Å². The van der Waals surface area contributed by atoms with Crippen LogP contribution in [0.4, 0.5) is 0 Å².